The molecule has 9 rings (SSSR count). The number of aromatic nitrogens is 4. The lowest BCUT2D eigenvalue weighted by Crippen LogP contribution is -2.00. The smallest absolute Gasteiger partial charge is 0.146 e. The van der Waals surface area contributed by atoms with Crippen molar-refractivity contribution in [1.29, 1.82) is 0 Å². The third kappa shape index (κ3) is 3.78. The van der Waals surface area contributed by atoms with Crippen LogP contribution in [0, 0.1) is 0 Å². The normalized spacial score (nSPS) is 11.6. The van der Waals surface area contributed by atoms with Crippen LogP contribution in [0.3, 0.4) is 0 Å². The fourth-order valence-corrected chi connectivity index (χ4v) is 6.51. The molecular formula is C40H26N4. The molecule has 0 amide bonds. The Hall–Kier alpha value is -6.00. The van der Waals surface area contributed by atoms with Gasteiger partial charge in [0.25, 0.3) is 0 Å². The molecule has 0 radical (unpaired) electrons. The average Bonchev–Trinajstić information content (AvgIpc) is 3.60. The van der Waals surface area contributed by atoms with Gasteiger partial charge < -0.3 is 0 Å². The van der Waals surface area contributed by atoms with E-state index in [1.54, 1.807) is 0 Å². The van der Waals surface area contributed by atoms with Crippen LogP contribution < -0.4 is 0 Å². The molecule has 0 spiro atoms. The fraction of sp³-hybridized carbons (Fsp3) is 0. The van der Waals surface area contributed by atoms with Crippen LogP contribution in [0.1, 0.15) is 0 Å². The minimum absolute atomic E-state index is 0.865. The zero-order chi connectivity index (χ0) is 29.0. The van der Waals surface area contributed by atoms with Crippen LogP contribution in [-0.2, 0) is 0 Å². The first-order chi connectivity index (χ1) is 21.8. The molecule has 0 aliphatic rings. The molecule has 0 aliphatic heterocycles. The van der Waals surface area contributed by atoms with Crippen molar-refractivity contribution in [3.63, 3.8) is 0 Å². The summed E-state index contributed by atoms with van der Waals surface area (Å²) in [6, 6.07) is 55.2. The summed E-state index contributed by atoms with van der Waals surface area (Å²) in [5, 5.41) is 3.39. The molecule has 4 heterocycles. The van der Waals surface area contributed by atoms with Crippen molar-refractivity contribution >= 4 is 43.9 Å². The lowest BCUT2D eigenvalue weighted by Gasteiger charge is -2.13. The second-order valence-electron chi connectivity index (χ2n) is 11.1. The maximum Gasteiger partial charge on any atom is 0.146 e. The Bertz CT molecular complexity index is 2420. The number of benzene rings is 5. The molecule has 9 aromatic rings. The summed E-state index contributed by atoms with van der Waals surface area (Å²) in [6.07, 6.45) is 0. The Morgan fingerprint density at radius 2 is 0.977 bits per heavy atom. The van der Waals surface area contributed by atoms with E-state index in [1.807, 2.05) is 6.07 Å². The van der Waals surface area contributed by atoms with E-state index >= 15 is 0 Å². The number of hydrogen-bond donors (Lipinski definition) is 0. The van der Waals surface area contributed by atoms with Gasteiger partial charge in [-0.2, -0.15) is 0 Å². The van der Waals surface area contributed by atoms with Crippen molar-refractivity contribution in [3.05, 3.63) is 158 Å². The van der Waals surface area contributed by atoms with E-state index in [9.17, 15) is 0 Å². The summed E-state index contributed by atoms with van der Waals surface area (Å²) in [5.41, 5.74) is 10.5. The van der Waals surface area contributed by atoms with Gasteiger partial charge in [0.1, 0.15) is 11.5 Å². The van der Waals surface area contributed by atoms with E-state index in [0.29, 0.717) is 0 Å². The standard InChI is InChI=1S/C40H26N4/c1-4-14-27(15-5-1)29-24-34(28-16-6-2-7-17-28)41-38(25-29)44-36-23-13-11-21-32(36)39-37(44)26-33-31-20-10-12-22-35(31)43(40(33)42-39)30-18-8-3-9-19-30/h1-26H. The first-order valence-electron chi connectivity index (χ1n) is 14.9. The lowest BCUT2D eigenvalue weighted by atomic mass is 10.0. The Kier molecular flexibility index (Phi) is 5.47. The van der Waals surface area contributed by atoms with Gasteiger partial charge in [0.2, 0.25) is 0 Å². The van der Waals surface area contributed by atoms with Crippen molar-refractivity contribution in [1.82, 2.24) is 19.1 Å². The maximum atomic E-state index is 5.44. The molecular weight excluding hydrogens is 536 g/mol. The van der Waals surface area contributed by atoms with Gasteiger partial charge >= 0.3 is 0 Å². The molecule has 0 fully saturated rings. The number of fused-ring (bicyclic) bond motifs is 6. The summed E-state index contributed by atoms with van der Waals surface area (Å²) in [7, 11) is 0. The molecule has 0 saturated heterocycles. The summed E-state index contributed by atoms with van der Waals surface area (Å²) in [5.74, 6) is 0.865. The van der Waals surface area contributed by atoms with Gasteiger partial charge in [-0.1, -0.05) is 115 Å². The second kappa shape index (κ2) is 9.79. The van der Waals surface area contributed by atoms with Crippen LogP contribution in [0.4, 0.5) is 0 Å². The van der Waals surface area contributed by atoms with Crippen molar-refractivity contribution in [2.24, 2.45) is 0 Å². The van der Waals surface area contributed by atoms with Crippen LogP contribution in [0.5, 0.6) is 0 Å². The first-order valence-corrected chi connectivity index (χ1v) is 14.9. The van der Waals surface area contributed by atoms with Gasteiger partial charge in [-0.3, -0.25) is 9.13 Å². The van der Waals surface area contributed by atoms with Gasteiger partial charge in [0.15, 0.2) is 0 Å². The Labute approximate surface area is 254 Å². The fourth-order valence-electron chi connectivity index (χ4n) is 6.51. The third-order valence-electron chi connectivity index (χ3n) is 8.50. The van der Waals surface area contributed by atoms with Gasteiger partial charge in [-0.05, 0) is 53.6 Å². The number of nitrogens with zero attached hydrogens (tertiary/aromatic N) is 4. The molecule has 4 nitrogen and oxygen atoms in total. The van der Waals surface area contributed by atoms with Crippen LogP contribution in [0.2, 0.25) is 0 Å². The predicted octanol–water partition coefficient (Wildman–Crippen LogP) is 10.0. The number of rotatable bonds is 4. The molecule has 0 saturated carbocycles. The Balaban J connectivity index is 1.40. The number of para-hydroxylation sites is 3. The summed E-state index contributed by atoms with van der Waals surface area (Å²) < 4.78 is 4.56. The van der Waals surface area contributed by atoms with Gasteiger partial charge in [-0.25, -0.2) is 9.97 Å². The first kappa shape index (κ1) is 24.6. The minimum Gasteiger partial charge on any atom is -0.294 e. The Morgan fingerprint density at radius 1 is 0.386 bits per heavy atom. The van der Waals surface area contributed by atoms with Gasteiger partial charge in [-0.15, -0.1) is 0 Å². The zero-order valence-electron chi connectivity index (χ0n) is 23.8. The van der Waals surface area contributed by atoms with Crippen LogP contribution in [-0.4, -0.2) is 19.1 Å². The van der Waals surface area contributed by atoms with Crippen molar-refractivity contribution in [2.75, 3.05) is 0 Å². The second-order valence-corrected chi connectivity index (χ2v) is 11.1. The van der Waals surface area contributed by atoms with Crippen LogP contribution in [0.25, 0.3) is 77.8 Å². The van der Waals surface area contributed by atoms with E-state index in [4.69, 9.17) is 9.97 Å². The topological polar surface area (TPSA) is 35.6 Å². The van der Waals surface area contributed by atoms with Crippen LogP contribution >= 0.6 is 0 Å². The lowest BCUT2D eigenvalue weighted by molar-refractivity contribution is 1.08. The molecule has 4 aromatic heterocycles. The summed E-state index contributed by atoms with van der Waals surface area (Å²) in [4.78, 5) is 10.7. The SMILES string of the molecule is c1ccc(-c2cc(-c3ccccc3)nc(-n3c4ccccc4c4nc5c(cc43)c3ccccc3n5-c3ccccc3)c2)cc1. The highest BCUT2D eigenvalue weighted by molar-refractivity contribution is 6.15. The zero-order valence-corrected chi connectivity index (χ0v) is 23.8. The molecule has 4 heteroatoms. The largest absolute Gasteiger partial charge is 0.294 e. The maximum absolute atomic E-state index is 5.44. The molecule has 0 atom stereocenters. The average molecular weight is 563 g/mol. The number of hydrogen-bond acceptors (Lipinski definition) is 2. The molecule has 206 valence electrons. The molecule has 0 N–H and O–H groups in total. The Morgan fingerprint density at radius 3 is 1.70 bits per heavy atom. The van der Waals surface area contributed by atoms with Crippen molar-refractivity contribution in [3.8, 4) is 33.9 Å². The quantitative estimate of drug-likeness (QED) is 0.214. The molecule has 5 aromatic carbocycles. The van der Waals surface area contributed by atoms with Crippen LogP contribution in [0.15, 0.2) is 158 Å². The molecule has 0 aliphatic carbocycles. The van der Waals surface area contributed by atoms with E-state index in [-0.39, 0.29) is 0 Å². The van der Waals surface area contributed by atoms with Crippen molar-refractivity contribution in [2.45, 2.75) is 0 Å². The minimum atomic E-state index is 0.865. The van der Waals surface area contributed by atoms with Gasteiger partial charge in [0.05, 0.1) is 27.8 Å². The van der Waals surface area contributed by atoms with E-state index in [1.165, 1.54) is 5.39 Å². The number of pyridine rings is 2. The highest BCUT2D eigenvalue weighted by Crippen LogP contribution is 2.38. The van der Waals surface area contributed by atoms with E-state index < -0.39 is 0 Å². The molecule has 0 unspecified atom stereocenters. The predicted molar refractivity (Wildman–Crippen MR) is 182 cm³/mol. The van der Waals surface area contributed by atoms with Crippen molar-refractivity contribution < 1.29 is 0 Å². The highest BCUT2D eigenvalue weighted by atomic mass is 15.1. The summed E-state index contributed by atoms with van der Waals surface area (Å²) >= 11 is 0. The molecule has 44 heavy (non-hydrogen) atoms. The van der Waals surface area contributed by atoms with E-state index in [2.05, 4.69) is 161 Å². The monoisotopic (exact) mass is 562 g/mol. The molecule has 0 bridgehead atoms. The van der Waals surface area contributed by atoms with Gasteiger partial charge in [0, 0.05) is 27.4 Å². The summed E-state index contributed by atoms with van der Waals surface area (Å²) in [6.45, 7) is 0. The third-order valence-corrected chi connectivity index (χ3v) is 8.50. The van der Waals surface area contributed by atoms with E-state index in [0.717, 1.165) is 72.4 Å². The highest BCUT2D eigenvalue weighted by Gasteiger charge is 2.20.